The van der Waals surface area contributed by atoms with Crippen LogP contribution in [0.15, 0.2) is 10.6 Å². The lowest BCUT2D eigenvalue weighted by Gasteiger charge is -2.20. The predicted molar refractivity (Wildman–Crippen MR) is 54.9 cm³/mol. The molecule has 1 aromatic rings. The van der Waals surface area contributed by atoms with E-state index in [-0.39, 0.29) is 5.54 Å². The van der Waals surface area contributed by atoms with Crippen molar-refractivity contribution in [2.45, 2.75) is 44.7 Å². The Morgan fingerprint density at radius 2 is 2.33 bits per heavy atom. The molecule has 1 aliphatic carbocycles. The van der Waals surface area contributed by atoms with Gasteiger partial charge < -0.3 is 4.52 Å². The van der Waals surface area contributed by atoms with Crippen LogP contribution in [0.25, 0.3) is 0 Å². The quantitative estimate of drug-likeness (QED) is 0.818. The third kappa shape index (κ3) is 2.18. The van der Waals surface area contributed by atoms with E-state index in [1.54, 1.807) is 0 Å². The summed E-state index contributed by atoms with van der Waals surface area (Å²) >= 11 is 0. The average Bonchev–Trinajstić information content (AvgIpc) is 2.85. The highest BCUT2D eigenvalue weighted by Gasteiger charge is 2.33. The Morgan fingerprint density at radius 3 is 2.87 bits per heavy atom. The Balaban J connectivity index is 1.95. The van der Waals surface area contributed by atoms with Crippen LogP contribution in [0, 0.1) is 18.3 Å². The molecule has 0 unspecified atom stereocenters. The highest BCUT2D eigenvalue weighted by molar-refractivity contribution is 5.12. The summed E-state index contributed by atoms with van der Waals surface area (Å²) in [6.45, 7) is 2.48. The van der Waals surface area contributed by atoms with Crippen LogP contribution < -0.4 is 5.32 Å². The molecule has 1 fully saturated rings. The van der Waals surface area contributed by atoms with Gasteiger partial charge in [0, 0.05) is 12.6 Å². The fourth-order valence-electron chi connectivity index (χ4n) is 2.07. The van der Waals surface area contributed by atoms with E-state index in [9.17, 15) is 0 Å². The minimum absolute atomic E-state index is 0.327. The van der Waals surface area contributed by atoms with Crippen LogP contribution in [0.3, 0.4) is 0 Å². The van der Waals surface area contributed by atoms with Crippen LogP contribution in [0.1, 0.15) is 37.1 Å². The molecule has 1 saturated carbocycles. The molecule has 0 spiro atoms. The summed E-state index contributed by atoms with van der Waals surface area (Å²) in [5.41, 5.74) is 0.543. The molecule has 0 radical (unpaired) electrons. The van der Waals surface area contributed by atoms with Gasteiger partial charge in [-0.05, 0) is 19.8 Å². The molecule has 0 bridgehead atoms. The molecule has 1 aliphatic rings. The Labute approximate surface area is 89.3 Å². The third-order valence-electron chi connectivity index (χ3n) is 2.96. The molecular weight excluding hydrogens is 190 g/mol. The smallest absolute Gasteiger partial charge is 0.133 e. The molecule has 15 heavy (non-hydrogen) atoms. The lowest BCUT2D eigenvalue weighted by molar-refractivity contribution is 0.374. The van der Waals surface area contributed by atoms with Crippen LogP contribution in [-0.4, -0.2) is 10.7 Å². The topological polar surface area (TPSA) is 61.9 Å². The van der Waals surface area contributed by atoms with Gasteiger partial charge >= 0.3 is 0 Å². The number of aryl methyl sites for hydroxylation is 1. The van der Waals surface area contributed by atoms with E-state index in [2.05, 4.69) is 16.5 Å². The fourth-order valence-corrected chi connectivity index (χ4v) is 2.07. The molecule has 4 heteroatoms. The fraction of sp³-hybridized carbons (Fsp3) is 0.636. The maximum absolute atomic E-state index is 9.14. The Bertz CT molecular complexity index is 371. The normalized spacial score (nSPS) is 18.9. The summed E-state index contributed by atoms with van der Waals surface area (Å²) in [6, 6.07) is 4.28. The molecule has 4 nitrogen and oxygen atoms in total. The van der Waals surface area contributed by atoms with Gasteiger partial charge in [0.2, 0.25) is 0 Å². The Hall–Kier alpha value is -1.34. The first-order chi connectivity index (χ1) is 7.24. The van der Waals surface area contributed by atoms with Crippen molar-refractivity contribution in [2.24, 2.45) is 0 Å². The second-order valence-electron chi connectivity index (χ2n) is 4.18. The molecule has 0 amide bonds. The summed E-state index contributed by atoms with van der Waals surface area (Å²) in [5, 5.41) is 16.3. The van der Waals surface area contributed by atoms with Gasteiger partial charge in [-0.1, -0.05) is 18.0 Å². The summed E-state index contributed by atoms with van der Waals surface area (Å²) in [4.78, 5) is 0. The number of rotatable bonds is 3. The van der Waals surface area contributed by atoms with Gasteiger partial charge in [-0.2, -0.15) is 5.26 Å². The van der Waals surface area contributed by atoms with Crippen LogP contribution in [0.4, 0.5) is 0 Å². The monoisotopic (exact) mass is 205 g/mol. The SMILES string of the molecule is Cc1cc(CNC2(C#N)CCCC2)no1. The summed E-state index contributed by atoms with van der Waals surface area (Å²) in [6.07, 6.45) is 4.16. The first kappa shape index (κ1) is 10.2. The molecule has 0 atom stereocenters. The van der Waals surface area contributed by atoms with Crippen molar-refractivity contribution in [1.82, 2.24) is 10.5 Å². The largest absolute Gasteiger partial charge is 0.361 e. The van der Waals surface area contributed by atoms with E-state index < -0.39 is 0 Å². The Kier molecular flexibility index (Phi) is 2.74. The van der Waals surface area contributed by atoms with E-state index in [1.165, 1.54) is 0 Å². The highest BCUT2D eigenvalue weighted by atomic mass is 16.5. The second-order valence-corrected chi connectivity index (χ2v) is 4.18. The van der Waals surface area contributed by atoms with Crippen LogP contribution in [-0.2, 0) is 6.54 Å². The maximum atomic E-state index is 9.14. The summed E-state index contributed by atoms with van der Waals surface area (Å²) in [7, 11) is 0. The van der Waals surface area contributed by atoms with Crippen molar-refractivity contribution in [3.05, 3.63) is 17.5 Å². The van der Waals surface area contributed by atoms with Crippen molar-refractivity contribution < 1.29 is 4.52 Å². The molecular formula is C11H15N3O. The van der Waals surface area contributed by atoms with Crippen molar-refractivity contribution in [3.63, 3.8) is 0 Å². The third-order valence-corrected chi connectivity index (χ3v) is 2.96. The molecule has 0 saturated heterocycles. The van der Waals surface area contributed by atoms with E-state index in [0.717, 1.165) is 37.1 Å². The molecule has 0 aliphatic heterocycles. The van der Waals surface area contributed by atoms with Gasteiger partial charge in [-0.25, -0.2) is 0 Å². The van der Waals surface area contributed by atoms with Crippen molar-refractivity contribution in [2.75, 3.05) is 0 Å². The van der Waals surface area contributed by atoms with Crippen LogP contribution >= 0.6 is 0 Å². The second kappa shape index (κ2) is 4.03. The summed E-state index contributed by atoms with van der Waals surface area (Å²) < 4.78 is 4.97. The van der Waals surface area contributed by atoms with Gasteiger partial charge in [0.15, 0.2) is 0 Å². The van der Waals surface area contributed by atoms with Gasteiger partial charge in [-0.15, -0.1) is 0 Å². The molecule has 2 rings (SSSR count). The molecule has 80 valence electrons. The van der Waals surface area contributed by atoms with Gasteiger partial charge in [-0.3, -0.25) is 5.32 Å². The number of nitriles is 1. The predicted octanol–water partition coefficient (Wildman–Crippen LogP) is 1.91. The number of nitrogens with one attached hydrogen (secondary N) is 1. The van der Waals surface area contributed by atoms with Crippen molar-refractivity contribution in [1.29, 1.82) is 5.26 Å². The van der Waals surface area contributed by atoms with E-state index in [4.69, 9.17) is 9.78 Å². The number of hydrogen-bond donors (Lipinski definition) is 1. The Morgan fingerprint density at radius 1 is 1.60 bits per heavy atom. The molecule has 1 aromatic heterocycles. The lowest BCUT2D eigenvalue weighted by atomic mass is 10.00. The summed E-state index contributed by atoms with van der Waals surface area (Å²) in [5.74, 6) is 0.809. The zero-order chi connectivity index (χ0) is 10.7. The minimum atomic E-state index is -0.327. The van der Waals surface area contributed by atoms with Gasteiger partial charge in [0.1, 0.15) is 11.3 Å². The zero-order valence-electron chi connectivity index (χ0n) is 8.92. The average molecular weight is 205 g/mol. The van der Waals surface area contributed by atoms with Crippen molar-refractivity contribution in [3.8, 4) is 6.07 Å². The van der Waals surface area contributed by atoms with E-state index in [1.807, 2.05) is 13.0 Å². The van der Waals surface area contributed by atoms with Crippen LogP contribution in [0.2, 0.25) is 0 Å². The zero-order valence-corrected chi connectivity index (χ0v) is 8.92. The van der Waals surface area contributed by atoms with Gasteiger partial charge in [0.25, 0.3) is 0 Å². The number of nitrogens with zero attached hydrogens (tertiary/aromatic N) is 2. The van der Waals surface area contributed by atoms with Crippen molar-refractivity contribution >= 4 is 0 Å². The molecule has 1 N–H and O–H groups in total. The van der Waals surface area contributed by atoms with E-state index in [0.29, 0.717) is 6.54 Å². The molecule has 0 aromatic carbocycles. The van der Waals surface area contributed by atoms with Gasteiger partial charge in [0.05, 0.1) is 11.8 Å². The lowest BCUT2D eigenvalue weighted by Crippen LogP contribution is -2.40. The minimum Gasteiger partial charge on any atom is -0.361 e. The number of hydrogen-bond acceptors (Lipinski definition) is 4. The first-order valence-electron chi connectivity index (χ1n) is 5.33. The highest BCUT2D eigenvalue weighted by Crippen LogP contribution is 2.29. The standard InChI is InChI=1S/C11H15N3O/c1-9-6-10(14-15-9)7-13-11(8-12)4-2-3-5-11/h6,13H,2-5,7H2,1H3. The maximum Gasteiger partial charge on any atom is 0.133 e. The number of aromatic nitrogens is 1. The van der Waals surface area contributed by atoms with Crippen LogP contribution in [0.5, 0.6) is 0 Å². The van der Waals surface area contributed by atoms with E-state index >= 15 is 0 Å². The first-order valence-corrected chi connectivity index (χ1v) is 5.33. The molecule has 1 heterocycles.